The van der Waals surface area contributed by atoms with E-state index >= 15 is 0 Å². The van der Waals surface area contributed by atoms with Gasteiger partial charge in [0, 0.05) is 25.2 Å². The molecule has 0 amide bonds. The fraction of sp³-hybridized carbons (Fsp3) is 0.316. The average Bonchev–Trinajstić information content (AvgIpc) is 2.65. The van der Waals surface area contributed by atoms with Crippen molar-refractivity contribution in [2.75, 3.05) is 20.2 Å². The molecule has 1 aliphatic heterocycles. The second kappa shape index (κ2) is 7.61. The fourth-order valence-corrected chi connectivity index (χ4v) is 3.27. The van der Waals surface area contributed by atoms with E-state index in [1.54, 1.807) is 7.11 Å². The number of nitrogens with one attached hydrogen (secondary N) is 1. The first kappa shape index (κ1) is 17.4. The Morgan fingerprint density at radius 2 is 1.96 bits per heavy atom. The molecule has 0 fully saturated rings. The zero-order chi connectivity index (χ0) is 17.8. The van der Waals surface area contributed by atoms with Crippen LogP contribution in [0, 0.1) is 0 Å². The molecule has 6 heteroatoms. The van der Waals surface area contributed by atoms with Gasteiger partial charge in [0.05, 0.1) is 7.11 Å². The molecular weight excluding hydrogens is 336 g/mol. The Labute approximate surface area is 152 Å². The summed E-state index contributed by atoms with van der Waals surface area (Å²) in [7, 11) is 1.66. The number of phenolic OH excluding ortho intramolecular Hbond substituents is 2. The highest BCUT2D eigenvalue weighted by Crippen LogP contribution is 2.34. The van der Waals surface area contributed by atoms with Gasteiger partial charge in [-0.05, 0) is 54.4 Å². The lowest BCUT2D eigenvalue weighted by molar-refractivity contribution is 0.363. The number of methoxy groups -OCH3 is 1. The van der Waals surface area contributed by atoms with Gasteiger partial charge < -0.3 is 25.2 Å². The largest absolute Gasteiger partial charge is 0.504 e. The van der Waals surface area contributed by atoms with Crippen LogP contribution in [0.5, 0.6) is 17.2 Å². The van der Waals surface area contributed by atoms with Gasteiger partial charge in [-0.3, -0.25) is 0 Å². The summed E-state index contributed by atoms with van der Waals surface area (Å²) in [6.45, 7) is 2.12. The first-order valence-electron chi connectivity index (χ1n) is 8.27. The Hall–Kier alpha value is -2.47. The molecule has 0 aliphatic carbocycles. The molecule has 0 saturated carbocycles. The number of hydrogen-bond acceptors (Lipinski definition) is 4. The summed E-state index contributed by atoms with van der Waals surface area (Å²) < 4.78 is 5.16. The maximum atomic E-state index is 9.95. The third-order valence-electron chi connectivity index (χ3n) is 4.49. The van der Waals surface area contributed by atoms with E-state index in [4.69, 9.17) is 17.0 Å². The summed E-state index contributed by atoms with van der Waals surface area (Å²) in [6, 6.07) is 11.4. The molecule has 5 nitrogen and oxygen atoms in total. The van der Waals surface area contributed by atoms with Crippen LogP contribution in [0.4, 0.5) is 0 Å². The van der Waals surface area contributed by atoms with Crippen LogP contribution in [0.25, 0.3) is 0 Å². The van der Waals surface area contributed by atoms with E-state index in [1.807, 2.05) is 18.2 Å². The number of hydrogen-bond donors (Lipinski definition) is 3. The second-order valence-corrected chi connectivity index (χ2v) is 6.46. The van der Waals surface area contributed by atoms with E-state index in [2.05, 4.69) is 22.3 Å². The van der Waals surface area contributed by atoms with Crippen molar-refractivity contribution in [2.24, 2.45) is 0 Å². The lowest BCUT2D eigenvalue weighted by Gasteiger charge is -2.31. The monoisotopic (exact) mass is 358 g/mol. The predicted molar refractivity (Wildman–Crippen MR) is 101 cm³/mol. The van der Waals surface area contributed by atoms with Gasteiger partial charge in [-0.1, -0.05) is 18.2 Å². The highest BCUT2D eigenvalue weighted by molar-refractivity contribution is 7.80. The van der Waals surface area contributed by atoms with Crippen molar-refractivity contribution in [3.63, 3.8) is 0 Å². The van der Waals surface area contributed by atoms with Crippen molar-refractivity contribution in [2.45, 2.75) is 19.4 Å². The molecule has 0 aromatic heterocycles. The summed E-state index contributed by atoms with van der Waals surface area (Å²) in [5.41, 5.74) is 3.04. The van der Waals surface area contributed by atoms with Gasteiger partial charge in [-0.25, -0.2) is 0 Å². The molecule has 2 aromatic rings. The van der Waals surface area contributed by atoms with E-state index in [0.717, 1.165) is 36.4 Å². The highest BCUT2D eigenvalue weighted by atomic mass is 32.1. The van der Waals surface area contributed by atoms with Crippen molar-refractivity contribution in [3.05, 3.63) is 53.1 Å². The molecule has 1 aliphatic rings. The average molecular weight is 358 g/mol. The van der Waals surface area contributed by atoms with Crippen molar-refractivity contribution in [1.82, 2.24) is 10.2 Å². The quantitative estimate of drug-likeness (QED) is 0.577. The molecule has 3 N–H and O–H groups in total. The normalized spacial score (nSPS) is 13.2. The summed E-state index contributed by atoms with van der Waals surface area (Å²) >= 11 is 5.50. The number of aromatic hydroxyl groups is 2. The summed E-state index contributed by atoms with van der Waals surface area (Å²) in [6.07, 6.45) is 1.54. The smallest absolute Gasteiger partial charge is 0.169 e. The van der Waals surface area contributed by atoms with Crippen molar-refractivity contribution < 1.29 is 14.9 Å². The van der Waals surface area contributed by atoms with Crippen molar-refractivity contribution in [3.8, 4) is 17.2 Å². The van der Waals surface area contributed by atoms with Crippen LogP contribution in [-0.2, 0) is 19.4 Å². The van der Waals surface area contributed by atoms with Crippen LogP contribution in [0.3, 0.4) is 0 Å². The van der Waals surface area contributed by atoms with E-state index < -0.39 is 0 Å². The SMILES string of the molecule is COc1ccc(CCNC(=S)N2CCc3c(ccc(O)c3O)C2)cc1. The first-order valence-corrected chi connectivity index (χ1v) is 8.67. The van der Waals surface area contributed by atoms with Crippen LogP contribution < -0.4 is 10.1 Å². The Kier molecular flexibility index (Phi) is 5.28. The molecule has 0 unspecified atom stereocenters. The number of phenols is 2. The van der Waals surface area contributed by atoms with Gasteiger partial charge in [0.25, 0.3) is 0 Å². The maximum absolute atomic E-state index is 9.95. The van der Waals surface area contributed by atoms with Crippen LogP contribution in [0.15, 0.2) is 36.4 Å². The molecule has 0 radical (unpaired) electrons. The third kappa shape index (κ3) is 3.96. The molecule has 0 spiro atoms. The van der Waals surface area contributed by atoms with Crippen molar-refractivity contribution in [1.29, 1.82) is 0 Å². The number of fused-ring (bicyclic) bond motifs is 1. The minimum absolute atomic E-state index is 0.00414. The Morgan fingerprint density at radius 3 is 2.68 bits per heavy atom. The van der Waals surface area contributed by atoms with E-state index in [9.17, 15) is 10.2 Å². The Morgan fingerprint density at radius 1 is 1.20 bits per heavy atom. The standard InChI is InChI=1S/C19H22N2O3S/c1-24-15-5-2-13(3-6-15)8-10-20-19(25)21-11-9-16-14(12-21)4-7-17(22)18(16)23/h2-7,22-23H,8-12H2,1H3,(H,20,25). The summed E-state index contributed by atoms with van der Waals surface area (Å²) in [5, 5.41) is 23.6. The highest BCUT2D eigenvalue weighted by Gasteiger charge is 2.22. The molecule has 3 rings (SSSR count). The maximum Gasteiger partial charge on any atom is 0.169 e. The minimum Gasteiger partial charge on any atom is -0.504 e. The lowest BCUT2D eigenvalue weighted by atomic mass is 9.98. The third-order valence-corrected chi connectivity index (χ3v) is 4.89. The lowest BCUT2D eigenvalue weighted by Crippen LogP contribution is -2.43. The molecule has 25 heavy (non-hydrogen) atoms. The summed E-state index contributed by atoms with van der Waals surface area (Å²) in [4.78, 5) is 2.09. The molecule has 0 saturated heterocycles. The summed E-state index contributed by atoms with van der Waals surface area (Å²) in [5.74, 6) is 0.788. The minimum atomic E-state index is -0.0626. The molecular formula is C19H22N2O3S. The van der Waals surface area contributed by atoms with Crippen LogP contribution in [0.1, 0.15) is 16.7 Å². The van der Waals surface area contributed by atoms with E-state index in [1.165, 1.54) is 11.6 Å². The number of thiocarbonyl (C=S) groups is 1. The number of rotatable bonds is 4. The second-order valence-electron chi connectivity index (χ2n) is 6.07. The predicted octanol–water partition coefficient (Wildman–Crippen LogP) is 2.58. The molecule has 0 atom stereocenters. The van der Waals surface area contributed by atoms with Crippen LogP contribution in [-0.4, -0.2) is 40.4 Å². The van der Waals surface area contributed by atoms with Crippen LogP contribution >= 0.6 is 12.2 Å². The number of nitrogens with zero attached hydrogens (tertiary/aromatic N) is 1. The fourth-order valence-electron chi connectivity index (χ4n) is 3.02. The van der Waals surface area contributed by atoms with Gasteiger partial charge in [0.1, 0.15) is 5.75 Å². The van der Waals surface area contributed by atoms with Gasteiger partial charge >= 0.3 is 0 Å². The first-order chi connectivity index (χ1) is 12.1. The topological polar surface area (TPSA) is 65.0 Å². The van der Waals surface area contributed by atoms with E-state index in [-0.39, 0.29) is 11.5 Å². The van der Waals surface area contributed by atoms with Gasteiger partial charge in [-0.2, -0.15) is 0 Å². The zero-order valence-electron chi connectivity index (χ0n) is 14.2. The van der Waals surface area contributed by atoms with Crippen LogP contribution in [0.2, 0.25) is 0 Å². The van der Waals surface area contributed by atoms with Gasteiger partial charge in [0.15, 0.2) is 16.6 Å². The van der Waals surface area contributed by atoms with Crippen molar-refractivity contribution >= 4 is 17.3 Å². The van der Waals surface area contributed by atoms with E-state index in [0.29, 0.717) is 18.1 Å². The Balaban J connectivity index is 1.52. The molecule has 1 heterocycles. The van der Waals surface area contributed by atoms with Gasteiger partial charge in [-0.15, -0.1) is 0 Å². The molecule has 2 aromatic carbocycles. The zero-order valence-corrected chi connectivity index (χ0v) is 15.0. The van der Waals surface area contributed by atoms with Gasteiger partial charge in [0.2, 0.25) is 0 Å². The number of ether oxygens (including phenoxy) is 1. The number of benzene rings is 2. The molecule has 132 valence electrons. The molecule has 0 bridgehead atoms. The Bertz CT molecular complexity index is 762.